The Hall–Kier alpha value is -3.22. The van der Waals surface area contributed by atoms with Crippen LogP contribution < -0.4 is 19.5 Å². The summed E-state index contributed by atoms with van der Waals surface area (Å²) < 4.78 is 29.3. The van der Waals surface area contributed by atoms with Gasteiger partial charge in [0.2, 0.25) is 6.79 Å². The summed E-state index contributed by atoms with van der Waals surface area (Å²) in [4.78, 5) is 0. The first kappa shape index (κ1) is 20.4. The summed E-state index contributed by atoms with van der Waals surface area (Å²) in [5, 5.41) is 3.23. The molecule has 0 aromatic heterocycles. The average Bonchev–Trinajstić information content (AvgIpc) is 3.59. The van der Waals surface area contributed by atoms with Crippen molar-refractivity contribution in [2.45, 2.75) is 25.7 Å². The van der Waals surface area contributed by atoms with E-state index in [9.17, 15) is 0 Å². The minimum Gasteiger partial charge on any atom is -0.471 e. The largest absolute Gasteiger partial charge is 0.471 e. The highest BCUT2D eigenvalue weighted by molar-refractivity contribution is 5.60. The smallest absolute Gasteiger partial charge is 0.231 e. The first-order chi connectivity index (χ1) is 16.3. The zero-order chi connectivity index (χ0) is 22.0. The number of hydrogen-bond acceptors (Lipinski definition) is 6. The zero-order valence-corrected chi connectivity index (χ0v) is 18.4. The molecule has 0 bridgehead atoms. The van der Waals surface area contributed by atoms with Gasteiger partial charge in [-0.25, -0.2) is 0 Å². The first-order valence-corrected chi connectivity index (χ1v) is 11.5. The summed E-state index contributed by atoms with van der Waals surface area (Å²) in [6.07, 6.45) is 1.51. The molecule has 6 nitrogen and oxygen atoms in total. The van der Waals surface area contributed by atoms with E-state index in [0.29, 0.717) is 25.9 Å². The van der Waals surface area contributed by atoms with E-state index in [1.54, 1.807) is 0 Å². The predicted octanol–water partition coefficient (Wildman–Crippen LogP) is 4.77. The van der Waals surface area contributed by atoms with Crippen LogP contribution in [0.15, 0.2) is 66.7 Å². The summed E-state index contributed by atoms with van der Waals surface area (Å²) in [5.74, 6) is 3.11. The van der Waals surface area contributed by atoms with Crippen LogP contribution >= 0.6 is 0 Å². The highest BCUT2D eigenvalue weighted by Gasteiger charge is 2.38. The SMILES string of the molecule is c1ccc(COC2OC[C@@H](Cc3ccc4c(c3)OCN4)[C@@H]2Cc2ccc3c(c2)OCO3)cc1. The Balaban J connectivity index is 1.21. The highest BCUT2D eigenvalue weighted by atomic mass is 16.7. The second-order valence-corrected chi connectivity index (χ2v) is 8.81. The fraction of sp³-hybridized carbons (Fsp3) is 0.333. The van der Waals surface area contributed by atoms with Crippen LogP contribution in [0.2, 0.25) is 0 Å². The van der Waals surface area contributed by atoms with Crippen LogP contribution in [0.5, 0.6) is 17.2 Å². The van der Waals surface area contributed by atoms with E-state index in [2.05, 4.69) is 47.8 Å². The molecule has 1 fully saturated rings. The Morgan fingerprint density at radius 3 is 2.55 bits per heavy atom. The van der Waals surface area contributed by atoms with Crippen LogP contribution in [0, 0.1) is 11.8 Å². The molecule has 3 heterocycles. The zero-order valence-electron chi connectivity index (χ0n) is 18.4. The third-order valence-corrected chi connectivity index (χ3v) is 6.63. The van der Waals surface area contributed by atoms with Gasteiger partial charge in [-0.15, -0.1) is 0 Å². The molecule has 0 amide bonds. The van der Waals surface area contributed by atoms with E-state index < -0.39 is 0 Å². The number of anilines is 1. The molecular formula is C27H27NO5. The molecule has 0 spiro atoms. The normalized spacial score (nSPS) is 22.6. The Labute approximate surface area is 193 Å². The van der Waals surface area contributed by atoms with Gasteiger partial charge < -0.3 is 29.0 Å². The molecule has 3 aliphatic heterocycles. The summed E-state index contributed by atoms with van der Waals surface area (Å²) in [6.45, 7) is 2.03. The van der Waals surface area contributed by atoms with Crippen molar-refractivity contribution in [1.29, 1.82) is 0 Å². The maximum Gasteiger partial charge on any atom is 0.231 e. The predicted molar refractivity (Wildman–Crippen MR) is 123 cm³/mol. The van der Waals surface area contributed by atoms with Crippen LogP contribution in [-0.4, -0.2) is 26.4 Å². The first-order valence-electron chi connectivity index (χ1n) is 11.5. The fourth-order valence-electron chi connectivity index (χ4n) is 4.88. The molecule has 1 saturated heterocycles. The lowest BCUT2D eigenvalue weighted by Gasteiger charge is -2.24. The molecule has 0 radical (unpaired) electrons. The lowest BCUT2D eigenvalue weighted by atomic mass is 9.84. The molecule has 1 unspecified atom stereocenters. The molecule has 6 heteroatoms. The van der Waals surface area contributed by atoms with Gasteiger partial charge in [-0.05, 0) is 59.7 Å². The van der Waals surface area contributed by atoms with E-state index in [1.807, 2.05) is 24.3 Å². The fourth-order valence-corrected chi connectivity index (χ4v) is 4.88. The minimum absolute atomic E-state index is 0.224. The van der Waals surface area contributed by atoms with Crippen molar-refractivity contribution in [2.75, 3.05) is 25.4 Å². The van der Waals surface area contributed by atoms with Gasteiger partial charge in [0.25, 0.3) is 0 Å². The van der Waals surface area contributed by atoms with E-state index in [0.717, 1.165) is 41.3 Å². The molecule has 6 rings (SSSR count). The Morgan fingerprint density at radius 1 is 0.788 bits per heavy atom. The summed E-state index contributed by atoms with van der Waals surface area (Å²) in [5.41, 5.74) is 4.66. The lowest BCUT2D eigenvalue weighted by Crippen LogP contribution is -2.26. The van der Waals surface area contributed by atoms with E-state index in [4.69, 9.17) is 23.7 Å². The van der Waals surface area contributed by atoms with Crippen molar-refractivity contribution in [3.63, 3.8) is 0 Å². The van der Waals surface area contributed by atoms with Gasteiger partial charge in [-0.2, -0.15) is 0 Å². The quantitative estimate of drug-likeness (QED) is 0.566. The van der Waals surface area contributed by atoms with Crippen molar-refractivity contribution in [2.24, 2.45) is 11.8 Å². The molecule has 1 N–H and O–H groups in total. The molecule has 3 aliphatic rings. The van der Waals surface area contributed by atoms with Crippen LogP contribution in [0.4, 0.5) is 5.69 Å². The van der Waals surface area contributed by atoms with Gasteiger partial charge in [0, 0.05) is 5.92 Å². The Bertz CT molecular complexity index is 1120. The second kappa shape index (κ2) is 8.96. The molecule has 3 aromatic rings. The second-order valence-electron chi connectivity index (χ2n) is 8.81. The highest BCUT2D eigenvalue weighted by Crippen LogP contribution is 2.38. The number of benzene rings is 3. The molecule has 33 heavy (non-hydrogen) atoms. The number of ether oxygens (including phenoxy) is 5. The Kier molecular flexibility index (Phi) is 5.54. The topological polar surface area (TPSA) is 58.2 Å². The molecule has 3 aromatic carbocycles. The third-order valence-electron chi connectivity index (χ3n) is 6.63. The van der Waals surface area contributed by atoms with Crippen molar-refractivity contribution in [3.8, 4) is 17.2 Å². The van der Waals surface area contributed by atoms with E-state index in [1.165, 1.54) is 11.1 Å². The average molecular weight is 446 g/mol. The number of hydrogen-bond donors (Lipinski definition) is 1. The lowest BCUT2D eigenvalue weighted by molar-refractivity contribution is -0.138. The van der Waals surface area contributed by atoms with E-state index in [-0.39, 0.29) is 19.0 Å². The van der Waals surface area contributed by atoms with Crippen LogP contribution in [0.3, 0.4) is 0 Å². The van der Waals surface area contributed by atoms with Gasteiger partial charge in [0.15, 0.2) is 24.5 Å². The van der Waals surface area contributed by atoms with Gasteiger partial charge in [0.1, 0.15) is 5.75 Å². The summed E-state index contributed by atoms with van der Waals surface area (Å²) in [7, 11) is 0. The molecule has 0 saturated carbocycles. The van der Waals surface area contributed by atoms with Gasteiger partial charge in [-0.1, -0.05) is 42.5 Å². The van der Waals surface area contributed by atoms with Gasteiger partial charge in [-0.3, -0.25) is 0 Å². The molecule has 0 aliphatic carbocycles. The molecule has 3 atom stereocenters. The number of nitrogens with one attached hydrogen (secondary N) is 1. The standard InChI is InChI=1S/C27H27NO5/c1-2-4-18(5-3-1)14-29-27-22(11-20-7-9-24-26(13-20)33-17-32-24)21(15-30-27)10-19-6-8-23-25(12-19)31-16-28-23/h1-9,12-13,21-22,27-28H,10-11,14-17H2/t21-,22+,27?/m1/s1. The summed E-state index contributed by atoms with van der Waals surface area (Å²) >= 11 is 0. The summed E-state index contributed by atoms with van der Waals surface area (Å²) in [6, 6.07) is 22.9. The third kappa shape index (κ3) is 4.36. The molecule has 170 valence electrons. The van der Waals surface area contributed by atoms with Crippen molar-refractivity contribution in [1.82, 2.24) is 0 Å². The maximum atomic E-state index is 6.30. The van der Waals surface area contributed by atoms with Crippen LogP contribution in [0.25, 0.3) is 0 Å². The van der Waals surface area contributed by atoms with Crippen molar-refractivity contribution >= 4 is 5.69 Å². The van der Waals surface area contributed by atoms with Crippen LogP contribution in [0.1, 0.15) is 16.7 Å². The maximum absolute atomic E-state index is 6.30. The van der Waals surface area contributed by atoms with Crippen LogP contribution in [-0.2, 0) is 28.9 Å². The van der Waals surface area contributed by atoms with E-state index >= 15 is 0 Å². The van der Waals surface area contributed by atoms with Gasteiger partial charge >= 0.3 is 0 Å². The number of fused-ring (bicyclic) bond motifs is 2. The van der Waals surface area contributed by atoms with Gasteiger partial charge in [0.05, 0.1) is 18.9 Å². The number of rotatable bonds is 7. The van der Waals surface area contributed by atoms with Crippen molar-refractivity contribution < 1.29 is 23.7 Å². The van der Waals surface area contributed by atoms with Crippen molar-refractivity contribution in [3.05, 3.63) is 83.4 Å². The monoisotopic (exact) mass is 445 g/mol. The molecular weight excluding hydrogens is 418 g/mol. The Morgan fingerprint density at radius 2 is 1.61 bits per heavy atom. The minimum atomic E-state index is -0.257.